The van der Waals surface area contributed by atoms with Gasteiger partial charge in [-0.25, -0.2) is 9.37 Å². The minimum atomic E-state index is -0.463. The van der Waals surface area contributed by atoms with Crippen LogP contribution in [-0.4, -0.2) is 15.9 Å². The number of pyridine rings is 1. The van der Waals surface area contributed by atoms with Crippen molar-refractivity contribution in [2.24, 2.45) is 0 Å². The molecule has 0 amide bonds. The van der Waals surface area contributed by atoms with Gasteiger partial charge in [-0.3, -0.25) is 10.1 Å². The second kappa shape index (κ2) is 4.88. The van der Waals surface area contributed by atoms with Gasteiger partial charge in [-0.05, 0) is 30.2 Å². The van der Waals surface area contributed by atoms with Crippen molar-refractivity contribution in [3.63, 3.8) is 0 Å². The monoisotopic (exact) mass is 273 g/mol. The maximum Gasteiger partial charge on any atom is 0.311 e. The summed E-state index contributed by atoms with van der Waals surface area (Å²) in [6.07, 6.45) is 2.33. The lowest BCUT2D eigenvalue weighted by molar-refractivity contribution is -0.384. The molecular weight excluding hydrogens is 261 g/mol. The maximum absolute atomic E-state index is 13.2. The second-order valence-corrected chi connectivity index (χ2v) is 4.78. The summed E-state index contributed by atoms with van der Waals surface area (Å²) in [5.41, 5.74) is 0.860. The molecule has 1 fully saturated rings. The van der Waals surface area contributed by atoms with Crippen LogP contribution in [0.2, 0.25) is 0 Å². The molecule has 0 saturated heterocycles. The van der Waals surface area contributed by atoms with Crippen molar-refractivity contribution in [3.8, 4) is 0 Å². The average Bonchev–Trinajstić information content (AvgIpc) is 3.18. The van der Waals surface area contributed by atoms with Gasteiger partial charge in [-0.1, -0.05) is 12.1 Å². The SMILES string of the molecule is O=[N+]([O-])c1cccnc1N[C@@H]1C[C@H]1c1cccc(F)c1. The molecule has 0 radical (unpaired) electrons. The Morgan fingerprint density at radius 2 is 2.20 bits per heavy atom. The number of nitrogens with one attached hydrogen (secondary N) is 1. The average molecular weight is 273 g/mol. The van der Waals surface area contributed by atoms with Crippen LogP contribution in [-0.2, 0) is 0 Å². The maximum atomic E-state index is 13.2. The van der Waals surface area contributed by atoms with E-state index in [0.717, 1.165) is 12.0 Å². The Morgan fingerprint density at radius 1 is 1.35 bits per heavy atom. The van der Waals surface area contributed by atoms with Crippen molar-refractivity contribution in [2.75, 3.05) is 5.32 Å². The highest BCUT2D eigenvalue weighted by molar-refractivity contribution is 5.57. The van der Waals surface area contributed by atoms with Crippen molar-refractivity contribution in [3.05, 3.63) is 64.1 Å². The van der Waals surface area contributed by atoms with Crippen LogP contribution in [0.4, 0.5) is 15.9 Å². The van der Waals surface area contributed by atoms with Crippen molar-refractivity contribution < 1.29 is 9.31 Å². The lowest BCUT2D eigenvalue weighted by Crippen LogP contribution is -2.08. The Kier molecular flexibility index (Phi) is 3.06. The van der Waals surface area contributed by atoms with Gasteiger partial charge in [0.1, 0.15) is 5.82 Å². The van der Waals surface area contributed by atoms with Gasteiger partial charge in [0.25, 0.3) is 0 Å². The first-order valence-corrected chi connectivity index (χ1v) is 6.26. The van der Waals surface area contributed by atoms with E-state index in [9.17, 15) is 14.5 Å². The van der Waals surface area contributed by atoms with Gasteiger partial charge in [-0.15, -0.1) is 0 Å². The summed E-state index contributed by atoms with van der Waals surface area (Å²) in [6.45, 7) is 0. The highest BCUT2D eigenvalue weighted by atomic mass is 19.1. The minimum Gasteiger partial charge on any atom is -0.361 e. The fourth-order valence-electron chi connectivity index (χ4n) is 2.29. The van der Waals surface area contributed by atoms with E-state index < -0.39 is 4.92 Å². The first kappa shape index (κ1) is 12.5. The van der Waals surface area contributed by atoms with Crippen LogP contribution in [0.15, 0.2) is 42.6 Å². The molecule has 1 N–H and O–H groups in total. The quantitative estimate of drug-likeness (QED) is 0.686. The van der Waals surface area contributed by atoms with E-state index in [0.29, 0.717) is 0 Å². The summed E-state index contributed by atoms with van der Waals surface area (Å²) in [5.74, 6) is 0.172. The summed E-state index contributed by atoms with van der Waals surface area (Å²) in [7, 11) is 0. The lowest BCUT2D eigenvalue weighted by atomic mass is 10.1. The zero-order chi connectivity index (χ0) is 14.1. The molecule has 0 spiro atoms. The van der Waals surface area contributed by atoms with Gasteiger partial charge in [0.05, 0.1) is 4.92 Å². The summed E-state index contributed by atoms with van der Waals surface area (Å²) < 4.78 is 13.2. The molecule has 1 aliphatic rings. The number of anilines is 1. The summed E-state index contributed by atoms with van der Waals surface area (Å²) >= 11 is 0. The summed E-state index contributed by atoms with van der Waals surface area (Å²) in [6, 6.07) is 9.43. The normalized spacial score (nSPS) is 20.4. The first-order valence-electron chi connectivity index (χ1n) is 6.26. The third kappa shape index (κ3) is 2.45. The Morgan fingerprint density at radius 3 is 2.95 bits per heavy atom. The van der Waals surface area contributed by atoms with Crippen molar-refractivity contribution in [2.45, 2.75) is 18.4 Å². The Bertz CT molecular complexity index is 662. The van der Waals surface area contributed by atoms with E-state index >= 15 is 0 Å². The second-order valence-electron chi connectivity index (χ2n) is 4.78. The van der Waals surface area contributed by atoms with E-state index in [4.69, 9.17) is 0 Å². The molecule has 2 atom stereocenters. The van der Waals surface area contributed by atoms with Crippen molar-refractivity contribution in [1.29, 1.82) is 0 Å². The molecule has 20 heavy (non-hydrogen) atoms. The molecule has 102 valence electrons. The third-order valence-corrected chi connectivity index (χ3v) is 3.37. The number of hydrogen-bond donors (Lipinski definition) is 1. The van der Waals surface area contributed by atoms with Crippen LogP contribution in [0.25, 0.3) is 0 Å². The Labute approximate surface area is 114 Å². The zero-order valence-corrected chi connectivity index (χ0v) is 10.5. The molecule has 1 saturated carbocycles. The summed E-state index contributed by atoms with van der Waals surface area (Å²) in [5, 5.41) is 14.0. The molecule has 1 aliphatic carbocycles. The van der Waals surface area contributed by atoms with Crippen molar-refractivity contribution >= 4 is 11.5 Å². The fraction of sp³-hybridized carbons (Fsp3) is 0.214. The molecule has 6 heteroatoms. The van der Waals surface area contributed by atoms with Gasteiger partial charge in [0.2, 0.25) is 5.82 Å². The highest BCUT2D eigenvalue weighted by Gasteiger charge is 2.39. The molecule has 5 nitrogen and oxygen atoms in total. The summed E-state index contributed by atoms with van der Waals surface area (Å²) in [4.78, 5) is 14.4. The lowest BCUT2D eigenvalue weighted by Gasteiger charge is -2.05. The van der Waals surface area contributed by atoms with E-state index in [1.54, 1.807) is 6.07 Å². The molecule has 1 aromatic heterocycles. The smallest absolute Gasteiger partial charge is 0.311 e. The third-order valence-electron chi connectivity index (χ3n) is 3.37. The van der Waals surface area contributed by atoms with Crippen LogP contribution in [0.1, 0.15) is 17.9 Å². The van der Waals surface area contributed by atoms with E-state index in [-0.39, 0.29) is 29.3 Å². The first-order chi connectivity index (χ1) is 9.65. The van der Waals surface area contributed by atoms with Crippen LogP contribution in [0, 0.1) is 15.9 Å². The predicted molar refractivity (Wildman–Crippen MR) is 72.1 cm³/mol. The predicted octanol–water partition coefficient (Wildman–Crippen LogP) is 3.10. The highest BCUT2D eigenvalue weighted by Crippen LogP contribution is 2.43. The van der Waals surface area contributed by atoms with Gasteiger partial charge < -0.3 is 5.32 Å². The molecule has 1 heterocycles. The van der Waals surface area contributed by atoms with E-state index in [1.165, 1.54) is 30.5 Å². The largest absolute Gasteiger partial charge is 0.361 e. The van der Waals surface area contributed by atoms with Crippen LogP contribution in [0.3, 0.4) is 0 Å². The number of aromatic nitrogens is 1. The number of benzene rings is 1. The van der Waals surface area contributed by atoms with Crippen LogP contribution in [0.5, 0.6) is 0 Å². The molecule has 0 unspecified atom stereocenters. The van der Waals surface area contributed by atoms with E-state index in [2.05, 4.69) is 10.3 Å². The van der Waals surface area contributed by atoms with Crippen LogP contribution >= 0.6 is 0 Å². The topological polar surface area (TPSA) is 68.1 Å². The van der Waals surface area contributed by atoms with Gasteiger partial charge in [0.15, 0.2) is 0 Å². The Hall–Kier alpha value is -2.50. The van der Waals surface area contributed by atoms with Gasteiger partial charge in [-0.2, -0.15) is 0 Å². The number of nitro groups is 1. The fourth-order valence-corrected chi connectivity index (χ4v) is 2.29. The zero-order valence-electron chi connectivity index (χ0n) is 10.5. The van der Waals surface area contributed by atoms with Gasteiger partial charge in [0, 0.05) is 24.2 Å². The number of nitrogens with zero attached hydrogens (tertiary/aromatic N) is 2. The number of halogens is 1. The van der Waals surface area contributed by atoms with Crippen LogP contribution < -0.4 is 5.32 Å². The molecule has 3 rings (SSSR count). The molecule has 0 bridgehead atoms. The number of hydrogen-bond acceptors (Lipinski definition) is 4. The minimum absolute atomic E-state index is 0.0441. The molecule has 0 aliphatic heterocycles. The number of rotatable bonds is 4. The molecule has 1 aromatic carbocycles. The standard InChI is InChI=1S/C14H12FN3O2/c15-10-4-1-3-9(7-10)11-8-12(11)17-14-13(18(19)20)5-2-6-16-14/h1-7,11-12H,8H2,(H,16,17)/t11-,12+/m0/s1. The van der Waals surface area contributed by atoms with E-state index in [1.807, 2.05) is 6.07 Å². The molecular formula is C14H12FN3O2. The van der Waals surface area contributed by atoms with Crippen molar-refractivity contribution in [1.82, 2.24) is 4.98 Å². The Balaban J connectivity index is 1.74. The van der Waals surface area contributed by atoms with Gasteiger partial charge >= 0.3 is 5.69 Å². The molecule has 2 aromatic rings.